The van der Waals surface area contributed by atoms with Gasteiger partial charge in [0.15, 0.2) is 0 Å². The lowest BCUT2D eigenvalue weighted by Crippen LogP contribution is -2.27. The van der Waals surface area contributed by atoms with E-state index in [1.54, 1.807) is 0 Å². The third-order valence-electron chi connectivity index (χ3n) is 7.98. The molecule has 0 saturated carbocycles. The van der Waals surface area contributed by atoms with Gasteiger partial charge in [-0.3, -0.25) is 39.6 Å². The van der Waals surface area contributed by atoms with E-state index in [-0.39, 0.29) is 78.7 Å². The van der Waals surface area contributed by atoms with Gasteiger partial charge in [-0.25, -0.2) is 0 Å². The number of nitrogens with two attached hydrogens (primary N) is 2. The molecule has 0 bridgehead atoms. The number of aromatic nitrogens is 4. The number of amidine groups is 2. The summed E-state index contributed by atoms with van der Waals surface area (Å²) in [5.74, 6) is -1.49. The molecule has 0 aliphatic carbocycles. The number of anilines is 4. The Morgan fingerprint density at radius 1 is 0.491 bits per heavy atom. The molecule has 4 heterocycles. The van der Waals surface area contributed by atoms with Crippen molar-refractivity contribution in [3.63, 3.8) is 0 Å². The van der Waals surface area contributed by atoms with Crippen molar-refractivity contribution in [3.05, 3.63) is 71.6 Å². The van der Waals surface area contributed by atoms with Crippen LogP contribution >= 0.6 is 0 Å². The summed E-state index contributed by atoms with van der Waals surface area (Å²) in [6.45, 7) is 0.437. The predicted molar refractivity (Wildman–Crippen MR) is 206 cm³/mol. The first kappa shape index (κ1) is 40.6. The first-order chi connectivity index (χ1) is 26.4. The topological polar surface area (TPSA) is 337 Å². The molecule has 16 N–H and O–H groups in total. The number of hydrogen-bond acceptors (Lipinski definition) is 8. The maximum Gasteiger partial charge on any atom is 0.272 e. The minimum atomic E-state index is -0.464. The Labute approximate surface area is 315 Å². The van der Waals surface area contributed by atoms with Crippen LogP contribution in [0.25, 0.3) is 0 Å². The maximum absolute atomic E-state index is 12.6. The fraction of sp³-hybridized carbons (Fsp3) is 0.314. The highest BCUT2D eigenvalue weighted by molar-refractivity contribution is 6.06. The fourth-order valence-electron chi connectivity index (χ4n) is 5.14. The van der Waals surface area contributed by atoms with E-state index < -0.39 is 17.7 Å². The number of nitrogens with one attached hydrogen (secondary N) is 12. The van der Waals surface area contributed by atoms with Crippen molar-refractivity contribution >= 4 is 70.1 Å². The Bertz CT molecular complexity index is 1860. The van der Waals surface area contributed by atoms with Crippen LogP contribution in [-0.4, -0.2) is 80.1 Å². The normalized spacial score (nSPS) is 10.6. The van der Waals surface area contributed by atoms with Gasteiger partial charge in [-0.15, -0.1) is 0 Å². The van der Waals surface area contributed by atoms with Gasteiger partial charge in [0.1, 0.15) is 23.0 Å². The lowest BCUT2D eigenvalue weighted by atomic mass is 10.1. The number of rotatable bonds is 22. The number of H-pyrrole nitrogens is 4. The Morgan fingerprint density at radius 3 is 1.55 bits per heavy atom. The molecular weight excluding hydrogens is 712 g/mol. The van der Waals surface area contributed by atoms with Gasteiger partial charge in [-0.2, -0.15) is 0 Å². The molecule has 6 amide bonds. The molecule has 0 spiro atoms. The Kier molecular flexibility index (Phi) is 14.9. The lowest BCUT2D eigenvalue weighted by molar-refractivity contribution is -0.117. The van der Waals surface area contributed by atoms with E-state index in [0.29, 0.717) is 47.8 Å². The Morgan fingerprint density at radius 2 is 0.964 bits per heavy atom. The van der Waals surface area contributed by atoms with Crippen LogP contribution in [0, 0.1) is 10.8 Å². The summed E-state index contributed by atoms with van der Waals surface area (Å²) in [5.41, 5.74) is 12.4. The molecule has 0 radical (unpaired) electrons. The number of hydrogen-bond donors (Lipinski definition) is 14. The van der Waals surface area contributed by atoms with Crippen LogP contribution in [0.5, 0.6) is 0 Å². The van der Waals surface area contributed by atoms with Gasteiger partial charge in [0.2, 0.25) is 11.8 Å². The van der Waals surface area contributed by atoms with Gasteiger partial charge in [0.05, 0.1) is 34.2 Å². The maximum atomic E-state index is 12.6. The third-order valence-corrected chi connectivity index (χ3v) is 7.98. The van der Waals surface area contributed by atoms with Gasteiger partial charge in [-0.1, -0.05) is 19.3 Å². The molecule has 292 valence electrons. The van der Waals surface area contributed by atoms with E-state index in [4.69, 9.17) is 22.3 Å². The van der Waals surface area contributed by atoms with Crippen molar-refractivity contribution in [1.82, 2.24) is 30.6 Å². The van der Waals surface area contributed by atoms with Crippen LogP contribution in [0.15, 0.2) is 49.1 Å². The second kappa shape index (κ2) is 20.2. The van der Waals surface area contributed by atoms with Crippen molar-refractivity contribution in [2.75, 3.05) is 34.4 Å². The first-order valence-electron chi connectivity index (χ1n) is 17.5. The highest BCUT2D eigenvalue weighted by Gasteiger charge is 2.15. The molecule has 0 unspecified atom stereocenters. The molecule has 0 aromatic carbocycles. The summed E-state index contributed by atoms with van der Waals surface area (Å²) in [7, 11) is 0. The number of carbonyl (C=O) groups is 6. The quantitative estimate of drug-likeness (QED) is 0.0320. The molecule has 0 fully saturated rings. The molecular formula is C35H46N14O6. The van der Waals surface area contributed by atoms with Gasteiger partial charge in [0, 0.05) is 63.6 Å². The molecule has 55 heavy (non-hydrogen) atoms. The summed E-state index contributed by atoms with van der Waals surface area (Å²) in [4.78, 5) is 85.7. The highest BCUT2D eigenvalue weighted by Crippen LogP contribution is 2.17. The molecule has 0 aliphatic heterocycles. The summed E-state index contributed by atoms with van der Waals surface area (Å²) < 4.78 is 0. The van der Waals surface area contributed by atoms with Crippen LogP contribution < -0.4 is 43.4 Å². The molecule has 20 heteroatoms. The highest BCUT2D eigenvalue weighted by atomic mass is 16.2. The summed E-state index contributed by atoms with van der Waals surface area (Å²) in [6, 6.07) is 5.96. The molecule has 20 nitrogen and oxygen atoms in total. The number of carbonyl (C=O) groups excluding carboxylic acids is 6. The SMILES string of the molecule is N=C(N)CCNC(=O)c1c[nH]c(NC(=O)c2c[nH]c(NC(=O)CCCCCCCC(=O)Nc3c[nH]c(C(=O)Nc4c[nH]c(C(=O)NCCC(=N)N)c4)c3)c2)c1. The average Bonchev–Trinajstić information content (AvgIpc) is 3.96. The summed E-state index contributed by atoms with van der Waals surface area (Å²) >= 11 is 0. The molecule has 4 rings (SSSR count). The monoisotopic (exact) mass is 758 g/mol. The number of amides is 6. The predicted octanol–water partition coefficient (Wildman–Crippen LogP) is 2.92. The zero-order valence-electron chi connectivity index (χ0n) is 30.0. The van der Waals surface area contributed by atoms with E-state index in [0.717, 1.165) is 19.3 Å². The minimum Gasteiger partial charge on any atom is -0.388 e. The molecule has 4 aromatic heterocycles. The fourth-order valence-corrected chi connectivity index (χ4v) is 5.14. The summed E-state index contributed by atoms with van der Waals surface area (Å²) in [6.07, 6.45) is 10.6. The van der Waals surface area contributed by atoms with Crippen LogP contribution in [-0.2, 0) is 9.59 Å². The van der Waals surface area contributed by atoms with E-state index in [2.05, 4.69) is 51.8 Å². The van der Waals surface area contributed by atoms with Gasteiger partial charge >= 0.3 is 0 Å². The van der Waals surface area contributed by atoms with Crippen LogP contribution in [0.4, 0.5) is 23.0 Å². The minimum absolute atomic E-state index is 0.0330. The third kappa shape index (κ3) is 13.7. The van der Waals surface area contributed by atoms with Gasteiger partial charge in [0.25, 0.3) is 23.6 Å². The van der Waals surface area contributed by atoms with Crippen LogP contribution in [0.1, 0.15) is 99.5 Å². The van der Waals surface area contributed by atoms with Crippen molar-refractivity contribution in [2.45, 2.75) is 57.8 Å². The lowest BCUT2D eigenvalue weighted by Gasteiger charge is -2.04. The van der Waals surface area contributed by atoms with E-state index >= 15 is 0 Å². The second-order valence-electron chi connectivity index (χ2n) is 12.5. The number of aromatic amines is 4. The Balaban J connectivity index is 1.05. The zero-order valence-corrected chi connectivity index (χ0v) is 30.0. The van der Waals surface area contributed by atoms with Crippen molar-refractivity contribution < 1.29 is 28.8 Å². The van der Waals surface area contributed by atoms with Crippen LogP contribution in [0.2, 0.25) is 0 Å². The first-order valence-corrected chi connectivity index (χ1v) is 17.5. The van der Waals surface area contributed by atoms with Crippen molar-refractivity contribution in [1.29, 1.82) is 10.8 Å². The molecule has 0 saturated heterocycles. The molecule has 0 aliphatic rings. The Hall–Kier alpha value is -7.12. The number of unbranched alkanes of at least 4 members (excludes halogenated alkanes) is 4. The molecule has 4 aromatic rings. The smallest absolute Gasteiger partial charge is 0.272 e. The second-order valence-corrected chi connectivity index (χ2v) is 12.5. The van der Waals surface area contributed by atoms with Crippen LogP contribution in [0.3, 0.4) is 0 Å². The standard InChI is InChI=1S/C35H46N14O6/c36-26(37)8-10-40-32(52)20-12-29(45-16-20)49-33(53)21-13-28(44-17-21)48-31(51)7-5-3-1-2-4-6-30(50)46-22-14-25(43-18-22)35(55)47-23-15-24(42-19-23)34(54)41-11-9-27(38)39/h12-19,42-45H,1-11H2,(H3,36,37)(H3,38,39)(H,40,52)(H,41,54)(H,46,50)(H,47,55)(H,48,51)(H,49,53). The van der Waals surface area contributed by atoms with Gasteiger partial charge in [-0.05, 0) is 37.1 Å². The summed E-state index contributed by atoms with van der Waals surface area (Å²) in [5, 5.41) is 30.5. The van der Waals surface area contributed by atoms with Crippen molar-refractivity contribution in [2.24, 2.45) is 11.5 Å². The van der Waals surface area contributed by atoms with E-state index in [1.807, 2.05) is 0 Å². The molecule has 0 atom stereocenters. The average molecular weight is 759 g/mol. The van der Waals surface area contributed by atoms with Crippen molar-refractivity contribution in [3.8, 4) is 0 Å². The largest absolute Gasteiger partial charge is 0.388 e. The van der Waals surface area contributed by atoms with Gasteiger partial charge < -0.3 is 63.3 Å². The zero-order chi connectivity index (χ0) is 39.7. The van der Waals surface area contributed by atoms with E-state index in [9.17, 15) is 28.8 Å². The van der Waals surface area contributed by atoms with E-state index in [1.165, 1.54) is 49.1 Å².